The van der Waals surface area contributed by atoms with Gasteiger partial charge in [-0.3, -0.25) is 5.10 Å². The monoisotopic (exact) mass is 173 g/mol. The van der Waals surface area contributed by atoms with Crippen LogP contribution in [0.1, 0.15) is 24.5 Å². The van der Waals surface area contributed by atoms with Crippen LogP contribution in [0, 0.1) is 0 Å². The second kappa shape index (κ2) is 2.18. The van der Waals surface area contributed by atoms with Crippen LogP contribution in [-0.4, -0.2) is 16.1 Å². The summed E-state index contributed by atoms with van der Waals surface area (Å²) in [5, 5.41) is 6.11. The average molecular weight is 173 g/mol. The lowest BCUT2D eigenvalue weighted by molar-refractivity contribution is -0.0975. The molecule has 3 nitrogen and oxygen atoms in total. The van der Waals surface area contributed by atoms with E-state index in [0.29, 0.717) is 12.1 Å². The van der Waals surface area contributed by atoms with Crippen LogP contribution in [0.25, 0.3) is 0 Å². The third-order valence-corrected chi connectivity index (χ3v) is 2.27. The van der Waals surface area contributed by atoms with Crippen molar-refractivity contribution in [2.24, 2.45) is 0 Å². The maximum absolute atomic E-state index is 12.8. The minimum absolute atomic E-state index is 0.0312. The number of nitrogen functional groups attached to an aromatic ring is 1. The number of rotatable bonds is 1. The van der Waals surface area contributed by atoms with E-state index in [4.69, 9.17) is 5.73 Å². The number of halogens is 2. The maximum Gasteiger partial charge on any atom is 0.256 e. The van der Waals surface area contributed by atoms with E-state index in [0.717, 1.165) is 0 Å². The van der Waals surface area contributed by atoms with Crippen molar-refractivity contribution in [3.05, 3.63) is 11.8 Å². The number of nitrogens with one attached hydrogen (secondary N) is 1. The van der Waals surface area contributed by atoms with Crippen molar-refractivity contribution in [1.82, 2.24) is 10.2 Å². The van der Waals surface area contributed by atoms with E-state index in [-0.39, 0.29) is 12.2 Å². The maximum atomic E-state index is 12.8. The Morgan fingerprint density at radius 2 is 2.42 bits per heavy atom. The summed E-state index contributed by atoms with van der Waals surface area (Å²) in [6, 6.07) is 1.47. The van der Waals surface area contributed by atoms with E-state index in [9.17, 15) is 8.78 Å². The summed E-state index contributed by atoms with van der Waals surface area (Å²) in [7, 11) is 0. The van der Waals surface area contributed by atoms with Crippen molar-refractivity contribution in [1.29, 1.82) is 0 Å². The Bertz CT molecular complexity index is 295. The first-order valence-corrected chi connectivity index (χ1v) is 3.78. The van der Waals surface area contributed by atoms with Crippen LogP contribution in [0.4, 0.5) is 14.6 Å². The fourth-order valence-electron chi connectivity index (χ4n) is 1.42. The van der Waals surface area contributed by atoms with Gasteiger partial charge < -0.3 is 5.73 Å². The Labute approximate surface area is 68.0 Å². The van der Waals surface area contributed by atoms with Gasteiger partial charge in [0.1, 0.15) is 5.82 Å². The second-order valence-corrected chi connectivity index (χ2v) is 3.10. The van der Waals surface area contributed by atoms with Gasteiger partial charge in [0.25, 0.3) is 5.92 Å². The van der Waals surface area contributed by atoms with Gasteiger partial charge in [0.05, 0.1) is 5.92 Å². The summed E-state index contributed by atoms with van der Waals surface area (Å²) in [6.45, 7) is 0. The molecular weight excluding hydrogens is 164 g/mol. The zero-order valence-electron chi connectivity index (χ0n) is 6.35. The minimum atomic E-state index is -2.57. The van der Waals surface area contributed by atoms with Crippen LogP contribution >= 0.6 is 0 Å². The Hall–Kier alpha value is -1.13. The summed E-state index contributed by atoms with van der Waals surface area (Å²) in [5.41, 5.74) is 5.74. The summed E-state index contributed by atoms with van der Waals surface area (Å²) < 4.78 is 25.6. The standard InChI is InChI=1S/C7H9F2N3/c8-7(9)2-1-4(7)5-3-6(10)12-11-5/h3-4H,1-2H2,(H3,10,11,12). The molecule has 1 aromatic heterocycles. The summed E-state index contributed by atoms with van der Waals surface area (Å²) in [5.74, 6) is -3.01. The molecule has 0 bridgehead atoms. The lowest BCUT2D eigenvalue weighted by Crippen LogP contribution is -2.36. The molecule has 2 rings (SSSR count). The SMILES string of the molecule is Nc1cc(C2CCC2(F)F)[nH]n1. The van der Waals surface area contributed by atoms with Crippen LogP contribution in [0.15, 0.2) is 6.07 Å². The minimum Gasteiger partial charge on any atom is -0.382 e. The molecule has 0 aliphatic heterocycles. The van der Waals surface area contributed by atoms with Crippen LogP contribution < -0.4 is 5.73 Å². The van der Waals surface area contributed by atoms with Crippen molar-refractivity contribution in [2.45, 2.75) is 24.7 Å². The van der Waals surface area contributed by atoms with E-state index >= 15 is 0 Å². The fraction of sp³-hybridized carbons (Fsp3) is 0.571. The van der Waals surface area contributed by atoms with Gasteiger partial charge in [-0.15, -0.1) is 0 Å². The lowest BCUT2D eigenvalue weighted by atomic mass is 9.78. The summed E-state index contributed by atoms with van der Waals surface area (Å²) >= 11 is 0. The first-order chi connectivity index (χ1) is 5.59. The molecule has 1 aliphatic rings. The lowest BCUT2D eigenvalue weighted by Gasteiger charge is -2.35. The summed E-state index contributed by atoms with van der Waals surface area (Å²) in [6.07, 6.45) is 0.477. The number of anilines is 1. The molecule has 1 atom stereocenters. The molecule has 0 spiro atoms. The molecule has 66 valence electrons. The van der Waals surface area contributed by atoms with Crippen LogP contribution in [0.3, 0.4) is 0 Å². The van der Waals surface area contributed by atoms with E-state index in [2.05, 4.69) is 10.2 Å². The van der Waals surface area contributed by atoms with Gasteiger partial charge in [0, 0.05) is 18.2 Å². The molecule has 0 saturated heterocycles. The number of nitrogens with zero attached hydrogens (tertiary/aromatic N) is 1. The van der Waals surface area contributed by atoms with Crippen molar-refractivity contribution in [3.8, 4) is 0 Å². The van der Waals surface area contributed by atoms with Gasteiger partial charge in [0.2, 0.25) is 0 Å². The van der Waals surface area contributed by atoms with Crippen molar-refractivity contribution >= 4 is 5.82 Å². The molecule has 3 N–H and O–H groups in total. The van der Waals surface area contributed by atoms with Gasteiger partial charge in [-0.05, 0) is 6.42 Å². The molecule has 1 aromatic rings. The number of hydrogen-bond donors (Lipinski definition) is 2. The molecular formula is C7H9F2N3. The predicted molar refractivity (Wildman–Crippen MR) is 39.9 cm³/mol. The highest BCUT2D eigenvalue weighted by atomic mass is 19.3. The van der Waals surface area contributed by atoms with E-state index < -0.39 is 11.8 Å². The van der Waals surface area contributed by atoms with Crippen molar-refractivity contribution in [3.63, 3.8) is 0 Å². The largest absolute Gasteiger partial charge is 0.382 e. The first-order valence-electron chi connectivity index (χ1n) is 3.78. The zero-order valence-corrected chi connectivity index (χ0v) is 6.35. The number of hydrogen-bond acceptors (Lipinski definition) is 2. The highest BCUT2D eigenvalue weighted by Crippen LogP contribution is 2.49. The van der Waals surface area contributed by atoms with Gasteiger partial charge in [-0.25, -0.2) is 8.78 Å². The molecule has 12 heavy (non-hydrogen) atoms. The number of nitrogens with two attached hydrogens (primary N) is 1. The Kier molecular flexibility index (Phi) is 1.37. The Balaban J connectivity index is 2.21. The van der Waals surface area contributed by atoms with Gasteiger partial charge in [0.15, 0.2) is 0 Å². The molecule has 5 heteroatoms. The normalized spacial score (nSPS) is 26.7. The third-order valence-electron chi connectivity index (χ3n) is 2.27. The van der Waals surface area contributed by atoms with Gasteiger partial charge >= 0.3 is 0 Å². The van der Waals surface area contributed by atoms with E-state index in [1.807, 2.05) is 0 Å². The van der Waals surface area contributed by atoms with Crippen LogP contribution in [-0.2, 0) is 0 Å². The summed E-state index contributed by atoms with van der Waals surface area (Å²) in [4.78, 5) is 0. The van der Waals surface area contributed by atoms with E-state index in [1.165, 1.54) is 6.07 Å². The molecule has 1 fully saturated rings. The van der Waals surface area contributed by atoms with Gasteiger partial charge in [-0.1, -0.05) is 0 Å². The molecule has 0 radical (unpaired) electrons. The molecule has 1 heterocycles. The third kappa shape index (κ3) is 0.964. The highest BCUT2D eigenvalue weighted by Gasteiger charge is 2.49. The highest BCUT2D eigenvalue weighted by molar-refractivity contribution is 5.32. The van der Waals surface area contributed by atoms with Crippen molar-refractivity contribution < 1.29 is 8.78 Å². The zero-order chi connectivity index (χ0) is 8.77. The quantitative estimate of drug-likeness (QED) is 0.676. The Morgan fingerprint density at radius 1 is 1.67 bits per heavy atom. The smallest absolute Gasteiger partial charge is 0.256 e. The second-order valence-electron chi connectivity index (χ2n) is 3.10. The molecule has 1 aliphatic carbocycles. The molecule has 1 unspecified atom stereocenters. The molecule has 0 aromatic carbocycles. The van der Waals surface area contributed by atoms with E-state index in [1.54, 1.807) is 0 Å². The predicted octanol–water partition coefficient (Wildman–Crippen LogP) is 1.50. The van der Waals surface area contributed by atoms with Crippen LogP contribution in [0.2, 0.25) is 0 Å². The first kappa shape index (κ1) is 7.52. The van der Waals surface area contributed by atoms with Gasteiger partial charge in [-0.2, -0.15) is 5.10 Å². The number of aromatic amines is 1. The topological polar surface area (TPSA) is 54.7 Å². The van der Waals surface area contributed by atoms with Crippen molar-refractivity contribution in [2.75, 3.05) is 5.73 Å². The molecule has 1 saturated carbocycles. The number of aromatic nitrogens is 2. The van der Waals surface area contributed by atoms with Crippen LogP contribution in [0.5, 0.6) is 0 Å². The Morgan fingerprint density at radius 3 is 2.75 bits per heavy atom. The fourth-order valence-corrected chi connectivity index (χ4v) is 1.42. The number of alkyl halides is 2. The molecule has 0 amide bonds. The number of H-pyrrole nitrogens is 1. The average Bonchev–Trinajstić information content (AvgIpc) is 2.34.